The molecule has 1 amide bonds. The van der Waals surface area contributed by atoms with Crippen LogP contribution in [-0.2, 0) is 22.5 Å². The molecule has 0 spiro atoms. The van der Waals surface area contributed by atoms with Gasteiger partial charge in [0.15, 0.2) is 5.82 Å². The molecule has 2 aliphatic rings. The number of anilines is 1. The average Bonchev–Trinajstić information content (AvgIpc) is 2.73. The molecule has 0 aromatic carbocycles. The van der Waals surface area contributed by atoms with Crippen LogP contribution < -0.4 is 10.2 Å². The van der Waals surface area contributed by atoms with Crippen molar-refractivity contribution in [1.29, 1.82) is 0 Å². The molecule has 142 valence electrons. The molecule has 0 unspecified atom stereocenters. The summed E-state index contributed by atoms with van der Waals surface area (Å²) in [5.41, 5.74) is 2.94. The maximum Gasteiger partial charge on any atom is 0.253 e. The lowest BCUT2D eigenvalue weighted by atomic mass is 10.0. The summed E-state index contributed by atoms with van der Waals surface area (Å²) in [6.07, 6.45) is 3.80. The largest absolute Gasteiger partial charge is 0.366 e. The first kappa shape index (κ1) is 17.8. The van der Waals surface area contributed by atoms with Gasteiger partial charge < -0.3 is 19.9 Å². The molecule has 2 aromatic rings. The number of pyridine rings is 1. The van der Waals surface area contributed by atoms with Gasteiger partial charge in [-0.1, -0.05) is 0 Å². The third-order valence-corrected chi connectivity index (χ3v) is 4.92. The molecule has 0 bridgehead atoms. The molecule has 4 rings (SSSR count). The highest BCUT2D eigenvalue weighted by Gasteiger charge is 2.31. The Morgan fingerprint density at radius 2 is 2.11 bits per heavy atom. The van der Waals surface area contributed by atoms with Crippen LogP contribution in [-0.4, -0.2) is 72.2 Å². The van der Waals surface area contributed by atoms with Gasteiger partial charge in [0.05, 0.1) is 18.8 Å². The Bertz CT molecular complexity index is 820. The number of aromatic nitrogens is 3. The van der Waals surface area contributed by atoms with Crippen LogP contribution in [0.25, 0.3) is 11.4 Å². The number of nitrogens with zero attached hydrogens (tertiary/aromatic N) is 5. The van der Waals surface area contributed by atoms with Crippen molar-refractivity contribution in [2.24, 2.45) is 0 Å². The van der Waals surface area contributed by atoms with Crippen molar-refractivity contribution in [2.75, 3.05) is 45.2 Å². The molecule has 0 aliphatic carbocycles. The fraction of sp³-hybridized carbons (Fsp3) is 0.474. The van der Waals surface area contributed by atoms with Gasteiger partial charge in [-0.05, 0) is 18.6 Å². The van der Waals surface area contributed by atoms with E-state index in [1.807, 2.05) is 36.0 Å². The second kappa shape index (κ2) is 7.58. The van der Waals surface area contributed by atoms with Crippen LogP contribution in [0.2, 0.25) is 0 Å². The van der Waals surface area contributed by atoms with E-state index in [2.05, 4.69) is 10.3 Å². The van der Waals surface area contributed by atoms with Crippen LogP contribution in [0.3, 0.4) is 0 Å². The first-order chi connectivity index (χ1) is 13.1. The fourth-order valence-electron chi connectivity index (χ4n) is 3.53. The molecule has 1 N–H and O–H groups in total. The number of nitrogens with one attached hydrogen (secondary N) is 1. The fourth-order valence-corrected chi connectivity index (χ4v) is 3.53. The van der Waals surface area contributed by atoms with E-state index in [1.165, 1.54) is 0 Å². The van der Waals surface area contributed by atoms with Crippen LogP contribution in [0.15, 0.2) is 24.5 Å². The van der Waals surface area contributed by atoms with E-state index in [-0.39, 0.29) is 5.91 Å². The lowest BCUT2D eigenvalue weighted by Gasteiger charge is -2.34. The zero-order valence-corrected chi connectivity index (χ0v) is 15.7. The maximum atomic E-state index is 12.8. The molecule has 1 saturated heterocycles. The van der Waals surface area contributed by atoms with Crippen LogP contribution in [0.4, 0.5) is 5.82 Å². The second-order valence-electron chi connectivity index (χ2n) is 7.00. The summed E-state index contributed by atoms with van der Waals surface area (Å²) in [5.74, 6) is 1.60. The number of fused-ring (bicyclic) bond motifs is 1. The van der Waals surface area contributed by atoms with Gasteiger partial charge in [-0.2, -0.15) is 0 Å². The standard InChI is InChI=1S/C19H24N6O2/c1-24(2)18-14-5-9-25(19(26)16-11-21-8-10-27-16)12-15(14)22-17(23-18)13-3-6-20-7-4-13/h3-4,6-7,16,21H,5,8-12H2,1-2H3/t16-/m1/s1. The molecule has 8 nitrogen and oxygen atoms in total. The van der Waals surface area contributed by atoms with Gasteiger partial charge >= 0.3 is 0 Å². The monoisotopic (exact) mass is 368 g/mol. The molecule has 1 atom stereocenters. The van der Waals surface area contributed by atoms with Crippen molar-refractivity contribution >= 4 is 11.7 Å². The van der Waals surface area contributed by atoms with E-state index >= 15 is 0 Å². The summed E-state index contributed by atoms with van der Waals surface area (Å²) in [7, 11) is 3.97. The molecule has 0 radical (unpaired) electrons. The first-order valence-corrected chi connectivity index (χ1v) is 9.22. The SMILES string of the molecule is CN(C)c1nc(-c2ccncc2)nc2c1CCN(C(=O)[C@H]1CNCCO1)C2. The predicted octanol–water partition coefficient (Wildman–Crippen LogP) is 0.478. The summed E-state index contributed by atoms with van der Waals surface area (Å²) >= 11 is 0. The molecule has 4 heterocycles. The first-order valence-electron chi connectivity index (χ1n) is 9.22. The number of hydrogen-bond donors (Lipinski definition) is 1. The topological polar surface area (TPSA) is 83.5 Å². The van der Waals surface area contributed by atoms with Crippen LogP contribution in [0.5, 0.6) is 0 Å². The van der Waals surface area contributed by atoms with Crippen molar-refractivity contribution < 1.29 is 9.53 Å². The Morgan fingerprint density at radius 1 is 1.30 bits per heavy atom. The van der Waals surface area contributed by atoms with Crippen LogP contribution in [0.1, 0.15) is 11.3 Å². The van der Waals surface area contributed by atoms with Gasteiger partial charge in [-0.25, -0.2) is 9.97 Å². The van der Waals surface area contributed by atoms with E-state index in [9.17, 15) is 4.79 Å². The maximum absolute atomic E-state index is 12.8. The molecule has 1 fully saturated rings. The summed E-state index contributed by atoms with van der Waals surface area (Å²) in [4.78, 5) is 30.3. The molecule has 2 aliphatic heterocycles. The highest BCUT2D eigenvalue weighted by Crippen LogP contribution is 2.28. The number of carbonyl (C=O) groups is 1. The quantitative estimate of drug-likeness (QED) is 0.843. The summed E-state index contributed by atoms with van der Waals surface area (Å²) in [6, 6.07) is 3.79. The van der Waals surface area contributed by atoms with Crippen molar-refractivity contribution in [2.45, 2.75) is 19.1 Å². The zero-order chi connectivity index (χ0) is 18.8. The van der Waals surface area contributed by atoms with E-state index in [4.69, 9.17) is 14.7 Å². The molecule has 27 heavy (non-hydrogen) atoms. The molecular formula is C19H24N6O2. The Hall–Kier alpha value is -2.58. The number of amides is 1. The molecule has 0 saturated carbocycles. The van der Waals surface area contributed by atoms with E-state index < -0.39 is 6.10 Å². The Labute approximate surface area is 158 Å². The van der Waals surface area contributed by atoms with Gasteiger partial charge in [-0.15, -0.1) is 0 Å². The predicted molar refractivity (Wildman–Crippen MR) is 101 cm³/mol. The second-order valence-corrected chi connectivity index (χ2v) is 7.00. The highest BCUT2D eigenvalue weighted by molar-refractivity contribution is 5.81. The van der Waals surface area contributed by atoms with E-state index in [0.717, 1.165) is 35.6 Å². The van der Waals surface area contributed by atoms with Crippen molar-refractivity contribution in [3.63, 3.8) is 0 Å². The smallest absolute Gasteiger partial charge is 0.253 e. The van der Waals surface area contributed by atoms with Gasteiger partial charge in [0, 0.05) is 57.3 Å². The third kappa shape index (κ3) is 3.63. The number of morpholine rings is 1. The van der Waals surface area contributed by atoms with Crippen LogP contribution in [0, 0.1) is 0 Å². The lowest BCUT2D eigenvalue weighted by molar-refractivity contribution is -0.146. The Balaban J connectivity index is 1.65. The zero-order valence-electron chi connectivity index (χ0n) is 15.7. The minimum Gasteiger partial charge on any atom is -0.366 e. The summed E-state index contributed by atoms with van der Waals surface area (Å²) in [5, 5.41) is 3.22. The summed E-state index contributed by atoms with van der Waals surface area (Å²) in [6.45, 7) is 3.07. The number of rotatable bonds is 3. The number of carbonyl (C=O) groups excluding carboxylic acids is 1. The average molecular weight is 368 g/mol. The van der Waals surface area contributed by atoms with Gasteiger partial charge in [0.2, 0.25) is 0 Å². The van der Waals surface area contributed by atoms with Crippen molar-refractivity contribution in [3.8, 4) is 11.4 Å². The third-order valence-electron chi connectivity index (χ3n) is 4.92. The highest BCUT2D eigenvalue weighted by atomic mass is 16.5. The molecular weight excluding hydrogens is 344 g/mol. The number of hydrogen-bond acceptors (Lipinski definition) is 7. The van der Waals surface area contributed by atoms with Gasteiger partial charge in [-0.3, -0.25) is 9.78 Å². The molecule has 8 heteroatoms. The number of ether oxygens (including phenoxy) is 1. The van der Waals surface area contributed by atoms with Crippen molar-refractivity contribution in [1.82, 2.24) is 25.2 Å². The normalized spacial score (nSPS) is 19.5. The Kier molecular flexibility index (Phi) is 5.00. The van der Waals surface area contributed by atoms with E-state index in [0.29, 0.717) is 32.1 Å². The van der Waals surface area contributed by atoms with E-state index in [1.54, 1.807) is 12.4 Å². The Morgan fingerprint density at radius 3 is 2.81 bits per heavy atom. The van der Waals surface area contributed by atoms with Crippen molar-refractivity contribution in [3.05, 3.63) is 35.8 Å². The van der Waals surface area contributed by atoms with Crippen LogP contribution >= 0.6 is 0 Å². The van der Waals surface area contributed by atoms with Gasteiger partial charge in [0.1, 0.15) is 11.9 Å². The van der Waals surface area contributed by atoms with Gasteiger partial charge in [0.25, 0.3) is 5.91 Å². The molecule has 2 aromatic heterocycles. The summed E-state index contributed by atoms with van der Waals surface area (Å²) < 4.78 is 5.63. The minimum atomic E-state index is -0.407. The lowest BCUT2D eigenvalue weighted by Crippen LogP contribution is -2.50. The minimum absolute atomic E-state index is 0.0309.